The lowest BCUT2D eigenvalue weighted by atomic mass is 10.0. The van der Waals surface area contributed by atoms with Crippen LogP contribution in [0.15, 0.2) is 18.2 Å². The monoisotopic (exact) mass is 250 g/mol. The summed E-state index contributed by atoms with van der Waals surface area (Å²) in [6, 6.07) is 5.67. The number of ether oxygens (including phenoxy) is 3. The Morgan fingerprint density at radius 1 is 1.39 bits per heavy atom. The second-order valence-corrected chi connectivity index (χ2v) is 5.27. The van der Waals surface area contributed by atoms with Gasteiger partial charge in [0, 0.05) is 5.56 Å². The summed E-state index contributed by atoms with van der Waals surface area (Å²) in [6.45, 7) is 6.32. The molecule has 1 aromatic carbocycles. The molecule has 0 aliphatic carbocycles. The fourth-order valence-corrected chi connectivity index (χ4v) is 1.86. The Labute approximate surface area is 107 Å². The number of carbonyl (C=O) groups is 1. The Balaban J connectivity index is 2.12. The molecule has 1 aliphatic rings. The van der Waals surface area contributed by atoms with E-state index in [-0.39, 0.29) is 19.2 Å². The van der Waals surface area contributed by atoms with E-state index in [0.717, 1.165) is 16.9 Å². The minimum Gasteiger partial charge on any atom is -0.467 e. The van der Waals surface area contributed by atoms with E-state index in [9.17, 15) is 4.79 Å². The Hall–Kier alpha value is -1.55. The van der Waals surface area contributed by atoms with Gasteiger partial charge in [0.2, 0.25) is 0 Å². The first-order chi connectivity index (χ1) is 8.46. The molecule has 0 saturated heterocycles. The van der Waals surface area contributed by atoms with Gasteiger partial charge in [-0.05, 0) is 32.4 Å². The molecule has 1 heterocycles. The van der Waals surface area contributed by atoms with E-state index in [2.05, 4.69) is 0 Å². The minimum absolute atomic E-state index is 0.235. The van der Waals surface area contributed by atoms with Gasteiger partial charge in [0.25, 0.3) is 0 Å². The molecule has 0 atom stereocenters. The smallest absolute Gasteiger partial charge is 0.310 e. The molecule has 1 aliphatic heterocycles. The first kappa shape index (κ1) is 12.9. The van der Waals surface area contributed by atoms with Crippen molar-refractivity contribution in [2.24, 2.45) is 0 Å². The summed E-state index contributed by atoms with van der Waals surface area (Å²) in [6.07, 6.45) is 0.243. The molecule has 0 radical (unpaired) electrons. The Bertz CT molecular complexity index is 446. The maximum Gasteiger partial charge on any atom is 0.310 e. The fraction of sp³-hybridized carbons (Fsp3) is 0.500. The van der Waals surface area contributed by atoms with Crippen LogP contribution in [-0.4, -0.2) is 18.4 Å². The Morgan fingerprint density at radius 3 is 2.89 bits per heavy atom. The highest BCUT2D eigenvalue weighted by atomic mass is 16.7. The summed E-state index contributed by atoms with van der Waals surface area (Å²) in [5.41, 5.74) is 1.38. The van der Waals surface area contributed by atoms with E-state index in [1.807, 2.05) is 39.0 Å². The molecule has 2 rings (SSSR count). The van der Waals surface area contributed by atoms with Gasteiger partial charge in [0.05, 0.1) is 13.0 Å². The molecule has 1 aromatic rings. The van der Waals surface area contributed by atoms with Crippen LogP contribution in [0.25, 0.3) is 0 Å². The molecule has 0 aromatic heterocycles. The van der Waals surface area contributed by atoms with Crippen molar-refractivity contribution in [3.8, 4) is 5.75 Å². The van der Waals surface area contributed by atoms with E-state index in [1.165, 1.54) is 0 Å². The van der Waals surface area contributed by atoms with Crippen molar-refractivity contribution in [2.45, 2.75) is 39.4 Å². The third-order valence-electron chi connectivity index (χ3n) is 2.53. The zero-order valence-corrected chi connectivity index (χ0v) is 11.0. The zero-order chi connectivity index (χ0) is 13.2. The number of carbonyl (C=O) groups excluding carboxylic acids is 1. The van der Waals surface area contributed by atoms with Crippen LogP contribution in [0.3, 0.4) is 0 Å². The number of rotatable bonds is 2. The van der Waals surface area contributed by atoms with E-state index in [4.69, 9.17) is 14.2 Å². The third kappa shape index (κ3) is 3.23. The van der Waals surface area contributed by atoms with Gasteiger partial charge >= 0.3 is 5.97 Å². The lowest BCUT2D eigenvalue weighted by molar-refractivity contribution is -0.153. The van der Waals surface area contributed by atoms with Gasteiger partial charge in [-0.2, -0.15) is 0 Å². The molecule has 4 heteroatoms. The van der Waals surface area contributed by atoms with Crippen molar-refractivity contribution >= 4 is 5.97 Å². The minimum atomic E-state index is -0.459. The highest BCUT2D eigenvalue weighted by Crippen LogP contribution is 2.27. The van der Waals surface area contributed by atoms with Crippen LogP contribution in [-0.2, 0) is 27.3 Å². The van der Waals surface area contributed by atoms with Crippen molar-refractivity contribution in [2.75, 3.05) is 6.79 Å². The highest BCUT2D eigenvalue weighted by molar-refractivity contribution is 5.74. The number of hydrogen-bond donors (Lipinski definition) is 0. The van der Waals surface area contributed by atoms with E-state index < -0.39 is 5.60 Å². The molecule has 0 bridgehead atoms. The summed E-state index contributed by atoms with van der Waals surface area (Å²) >= 11 is 0. The van der Waals surface area contributed by atoms with Gasteiger partial charge in [-0.3, -0.25) is 4.79 Å². The van der Waals surface area contributed by atoms with Crippen LogP contribution < -0.4 is 4.74 Å². The quantitative estimate of drug-likeness (QED) is 0.756. The lowest BCUT2D eigenvalue weighted by Crippen LogP contribution is -2.25. The Morgan fingerprint density at radius 2 is 2.17 bits per heavy atom. The molecular weight excluding hydrogens is 232 g/mol. The van der Waals surface area contributed by atoms with Crippen molar-refractivity contribution in [3.05, 3.63) is 29.3 Å². The van der Waals surface area contributed by atoms with Gasteiger partial charge in [0.15, 0.2) is 6.79 Å². The Kier molecular flexibility index (Phi) is 3.57. The number of hydrogen-bond acceptors (Lipinski definition) is 4. The summed E-state index contributed by atoms with van der Waals surface area (Å²) in [5.74, 6) is 0.559. The van der Waals surface area contributed by atoms with Crippen molar-refractivity contribution < 1.29 is 19.0 Å². The van der Waals surface area contributed by atoms with Crippen LogP contribution in [0.4, 0.5) is 0 Å². The molecule has 4 nitrogen and oxygen atoms in total. The predicted octanol–water partition coefficient (Wildman–Crippen LogP) is 2.44. The van der Waals surface area contributed by atoms with Gasteiger partial charge < -0.3 is 14.2 Å². The SMILES string of the molecule is CC(C)(C)OC(=O)Cc1cccc2c1COCO2. The predicted molar refractivity (Wildman–Crippen MR) is 66.3 cm³/mol. The lowest BCUT2D eigenvalue weighted by Gasteiger charge is -2.22. The van der Waals surface area contributed by atoms with Crippen LogP contribution in [0.1, 0.15) is 31.9 Å². The molecule has 98 valence electrons. The molecule has 0 N–H and O–H groups in total. The average Bonchev–Trinajstić information content (AvgIpc) is 2.27. The fourth-order valence-electron chi connectivity index (χ4n) is 1.86. The summed E-state index contributed by atoms with van der Waals surface area (Å²) in [7, 11) is 0. The second-order valence-electron chi connectivity index (χ2n) is 5.27. The second kappa shape index (κ2) is 4.98. The zero-order valence-electron chi connectivity index (χ0n) is 11.0. The van der Waals surface area contributed by atoms with Gasteiger partial charge in [-0.25, -0.2) is 0 Å². The highest BCUT2D eigenvalue weighted by Gasteiger charge is 2.20. The van der Waals surface area contributed by atoms with Gasteiger partial charge in [-0.15, -0.1) is 0 Å². The molecule has 0 saturated carbocycles. The normalized spacial score (nSPS) is 14.6. The van der Waals surface area contributed by atoms with Crippen molar-refractivity contribution in [1.29, 1.82) is 0 Å². The number of benzene rings is 1. The van der Waals surface area contributed by atoms with Crippen LogP contribution in [0.5, 0.6) is 5.75 Å². The molecular formula is C14H18O4. The molecule has 0 amide bonds. The number of fused-ring (bicyclic) bond motifs is 1. The first-order valence-corrected chi connectivity index (χ1v) is 5.99. The van der Waals surface area contributed by atoms with E-state index in [0.29, 0.717) is 6.61 Å². The van der Waals surface area contributed by atoms with Gasteiger partial charge in [-0.1, -0.05) is 12.1 Å². The maximum atomic E-state index is 11.8. The van der Waals surface area contributed by atoms with Crippen LogP contribution >= 0.6 is 0 Å². The van der Waals surface area contributed by atoms with E-state index in [1.54, 1.807) is 0 Å². The van der Waals surface area contributed by atoms with Crippen LogP contribution in [0.2, 0.25) is 0 Å². The van der Waals surface area contributed by atoms with Crippen molar-refractivity contribution in [1.82, 2.24) is 0 Å². The molecule has 0 fully saturated rings. The molecule has 0 spiro atoms. The largest absolute Gasteiger partial charge is 0.467 e. The molecule has 0 unspecified atom stereocenters. The molecule has 18 heavy (non-hydrogen) atoms. The average molecular weight is 250 g/mol. The van der Waals surface area contributed by atoms with Gasteiger partial charge in [0.1, 0.15) is 11.4 Å². The van der Waals surface area contributed by atoms with E-state index >= 15 is 0 Å². The van der Waals surface area contributed by atoms with Crippen molar-refractivity contribution in [3.63, 3.8) is 0 Å². The summed E-state index contributed by atoms with van der Waals surface area (Å²) < 4.78 is 15.9. The third-order valence-corrected chi connectivity index (χ3v) is 2.53. The summed E-state index contributed by atoms with van der Waals surface area (Å²) in [4.78, 5) is 11.8. The maximum absolute atomic E-state index is 11.8. The topological polar surface area (TPSA) is 44.8 Å². The number of esters is 1. The first-order valence-electron chi connectivity index (χ1n) is 5.99. The summed E-state index contributed by atoms with van der Waals surface area (Å²) in [5, 5.41) is 0. The standard InChI is InChI=1S/C14H18O4/c1-14(2,3)18-13(15)7-10-5-4-6-12-11(10)8-16-9-17-12/h4-6H,7-9H2,1-3H3. The van der Waals surface area contributed by atoms with Crippen LogP contribution in [0, 0.1) is 0 Å².